The molecule has 7 nitrogen and oxygen atoms in total. The predicted octanol–water partition coefficient (Wildman–Crippen LogP) is 6.00. The van der Waals surface area contributed by atoms with E-state index in [9.17, 15) is 19.8 Å². The molecule has 1 amide bonds. The van der Waals surface area contributed by atoms with Crippen molar-refractivity contribution in [2.24, 2.45) is 0 Å². The van der Waals surface area contributed by atoms with Crippen molar-refractivity contribution in [1.29, 1.82) is 0 Å². The number of rotatable bonds is 5. The summed E-state index contributed by atoms with van der Waals surface area (Å²) in [4.78, 5) is 27.8. The molecule has 3 aromatic rings. The Morgan fingerprint density at radius 3 is 2.17 bits per heavy atom. The Balaban J connectivity index is 2.03. The zero-order valence-electron chi connectivity index (χ0n) is 18.4. The van der Waals surface area contributed by atoms with Crippen molar-refractivity contribution in [3.05, 3.63) is 86.4 Å². The highest BCUT2D eigenvalue weighted by atomic mass is 35.5. The second-order valence-corrected chi connectivity index (χ2v) is 8.69. The van der Waals surface area contributed by atoms with Gasteiger partial charge in [0, 0.05) is 5.69 Å². The summed E-state index contributed by atoms with van der Waals surface area (Å²) in [7, 11) is 2.69. The van der Waals surface area contributed by atoms with Crippen molar-refractivity contribution in [1.82, 2.24) is 0 Å². The SMILES string of the molecule is COc1c(Cl)cc(/C(O)=C2\C(=O)C(=O)N(c3ccccc3)C2c2ccc(O)c(Cl)c2)c(OC)c1Cl. The molecule has 1 aliphatic rings. The van der Waals surface area contributed by atoms with Crippen LogP contribution in [0, 0.1) is 0 Å². The Morgan fingerprint density at radius 2 is 1.57 bits per heavy atom. The molecule has 1 unspecified atom stereocenters. The number of aromatic hydroxyl groups is 1. The van der Waals surface area contributed by atoms with Crippen LogP contribution in [0.2, 0.25) is 15.1 Å². The molecule has 0 spiro atoms. The number of carbonyl (C=O) groups is 2. The van der Waals surface area contributed by atoms with E-state index in [1.165, 1.54) is 43.4 Å². The van der Waals surface area contributed by atoms with Gasteiger partial charge >= 0.3 is 0 Å². The molecule has 3 aromatic carbocycles. The first kappa shape index (κ1) is 24.7. The number of Topliss-reactive ketones (excluding diaryl/α,β-unsaturated/α-hetero) is 1. The second-order valence-electron chi connectivity index (χ2n) is 7.50. The van der Waals surface area contributed by atoms with Gasteiger partial charge in [-0.05, 0) is 35.9 Å². The fraction of sp³-hybridized carbons (Fsp3) is 0.120. The van der Waals surface area contributed by atoms with Crippen molar-refractivity contribution in [3.8, 4) is 17.2 Å². The molecular weight excluding hydrogens is 517 g/mol. The average molecular weight is 535 g/mol. The van der Waals surface area contributed by atoms with Crippen molar-refractivity contribution >= 4 is 57.9 Å². The maximum Gasteiger partial charge on any atom is 0.300 e. The van der Waals surface area contributed by atoms with Gasteiger partial charge < -0.3 is 19.7 Å². The quantitative estimate of drug-likeness (QED) is 0.237. The molecule has 35 heavy (non-hydrogen) atoms. The van der Waals surface area contributed by atoms with E-state index in [4.69, 9.17) is 44.3 Å². The van der Waals surface area contributed by atoms with Crippen molar-refractivity contribution in [2.45, 2.75) is 6.04 Å². The number of hydrogen-bond donors (Lipinski definition) is 2. The molecule has 0 aromatic heterocycles. The van der Waals surface area contributed by atoms with E-state index in [-0.39, 0.29) is 43.5 Å². The first-order valence-electron chi connectivity index (χ1n) is 10.2. The molecule has 0 radical (unpaired) electrons. The van der Waals surface area contributed by atoms with E-state index in [1.807, 2.05) is 0 Å². The van der Waals surface area contributed by atoms with Crippen LogP contribution in [0.3, 0.4) is 0 Å². The van der Waals surface area contributed by atoms with Crippen LogP contribution < -0.4 is 14.4 Å². The largest absolute Gasteiger partial charge is 0.507 e. The number of amides is 1. The average Bonchev–Trinajstić information content (AvgIpc) is 3.11. The number of methoxy groups -OCH3 is 2. The first-order chi connectivity index (χ1) is 16.7. The minimum absolute atomic E-state index is 0.00110. The summed E-state index contributed by atoms with van der Waals surface area (Å²) in [5.74, 6) is -2.42. The van der Waals surface area contributed by atoms with E-state index in [0.717, 1.165) is 0 Å². The van der Waals surface area contributed by atoms with E-state index in [2.05, 4.69) is 0 Å². The number of nitrogens with zero attached hydrogens (tertiary/aromatic N) is 1. The summed E-state index contributed by atoms with van der Waals surface area (Å²) in [6.45, 7) is 0. The normalized spacial score (nSPS) is 17.1. The molecule has 180 valence electrons. The van der Waals surface area contributed by atoms with Gasteiger partial charge in [0.2, 0.25) is 0 Å². The van der Waals surface area contributed by atoms with Crippen LogP contribution in [-0.4, -0.2) is 36.1 Å². The van der Waals surface area contributed by atoms with E-state index >= 15 is 0 Å². The van der Waals surface area contributed by atoms with Crippen LogP contribution in [0.15, 0.2) is 60.2 Å². The third kappa shape index (κ3) is 4.16. The monoisotopic (exact) mass is 533 g/mol. The van der Waals surface area contributed by atoms with Gasteiger partial charge in [0.15, 0.2) is 11.5 Å². The van der Waals surface area contributed by atoms with Gasteiger partial charge in [-0.1, -0.05) is 59.1 Å². The number of phenolic OH excluding ortho intramolecular Hbond substituents is 1. The molecule has 0 bridgehead atoms. The van der Waals surface area contributed by atoms with Crippen molar-refractivity contribution in [3.63, 3.8) is 0 Å². The van der Waals surface area contributed by atoms with Crippen molar-refractivity contribution < 1.29 is 29.3 Å². The zero-order chi connectivity index (χ0) is 25.4. The molecular formula is C25H18Cl3NO6. The first-order valence-corrected chi connectivity index (χ1v) is 11.3. The highest BCUT2D eigenvalue weighted by Crippen LogP contribution is 2.48. The Morgan fingerprint density at radius 1 is 0.914 bits per heavy atom. The third-order valence-corrected chi connectivity index (χ3v) is 6.49. The van der Waals surface area contributed by atoms with Gasteiger partial charge in [-0.15, -0.1) is 0 Å². The number of aliphatic hydroxyl groups excluding tert-OH is 1. The molecule has 1 saturated heterocycles. The topological polar surface area (TPSA) is 96.3 Å². The van der Waals surface area contributed by atoms with Gasteiger partial charge in [-0.3, -0.25) is 14.5 Å². The van der Waals surface area contributed by atoms with E-state index in [0.29, 0.717) is 11.3 Å². The van der Waals surface area contributed by atoms with E-state index in [1.54, 1.807) is 30.3 Å². The maximum absolute atomic E-state index is 13.3. The van der Waals surface area contributed by atoms with Gasteiger partial charge in [-0.25, -0.2) is 0 Å². The van der Waals surface area contributed by atoms with Crippen LogP contribution in [-0.2, 0) is 9.59 Å². The van der Waals surface area contributed by atoms with Gasteiger partial charge in [0.25, 0.3) is 11.7 Å². The van der Waals surface area contributed by atoms with Gasteiger partial charge in [0.1, 0.15) is 16.5 Å². The molecule has 0 saturated carbocycles. The van der Waals surface area contributed by atoms with Gasteiger partial charge in [-0.2, -0.15) is 0 Å². The Hall–Kier alpha value is -3.39. The Labute approximate surface area is 215 Å². The van der Waals surface area contributed by atoms with Crippen LogP contribution in [0.5, 0.6) is 17.2 Å². The van der Waals surface area contributed by atoms with Crippen LogP contribution in [0.4, 0.5) is 5.69 Å². The number of ketones is 1. The molecule has 10 heteroatoms. The molecule has 1 atom stereocenters. The molecule has 1 aliphatic heterocycles. The minimum atomic E-state index is -1.08. The second kappa shape index (κ2) is 9.70. The number of hydrogen-bond acceptors (Lipinski definition) is 6. The summed E-state index contributed by atoms with van der Waals surface area (Å²) < 4.78 is 10.6. The summed E-state index contributed by atoms with van der Waals surface area (Å²) in [5, 5.41) is 21.4. The molecule has 2 N–H and O–H groups in total. The fourth-order valence-corrected chi connectivity index (χ4v) is 4.86. The standard InChI is InChI=1S/C25H18Cl3NO6/c1-34-23-14(11-16(27)24(35-2)19(23)28)21(31)18-20(12-8-9-17(30)15(26)10-12)29(25(33)22(18)32)13-6-4-3-5-7-13/h3-11,20,30-31H,1-2H3/b21-18+. The number of para-hydroxylation sites is 1. The lowest BCUT2D eigenvalue weighted by Gasteiger charge is -2.26. The summed E-state index contributed by atoms with van der Waals surface area (Å²) >= 11 is 18.8. The number of aliphatic hydroxyl groups is 1. The Kier molecular flexibility index (Phi) is 6.85. The van der Waals surface area contributed by atoms with Gasteiger partial charge in [0.05, 0.1) is 41.4 Å². The lowest BCUT2D eigenvalue weighted by Crippen LogP contribution is -2.29. The number of carbonyl (C=O) groups excluding carboxylic acids is 2. The summed E-state index contributed by atoms with van der Waals surface area (Å²) in [5.41, 5.74) is 0.545. The minimum Gasteiger partial charge on any atom is -0.507 e. The molecule has 1 fully saturated rings. The van der Waals surface area contributed by atoms with Crippen LogP contribution in [0.1, 0.15) is 17.2 Å². The summed E-state index contributed by atoms with van der Waals surface area (Å²) in [6, 6.07) is 13.0. The highest BCUT2D eigenvalue weighted by Gasteiger charge is 2.47. The molecule has 1 heterocycles. The molecule has 4 rings (SSSR count). The number of benzene rings is 3. The highest BCUT2D eigenvalue weighted by molar-refractivity contribution is 6.52. The predicted molar refractivity (Wildman–Crippen MR) is 134 cm³/mol. The number of phenols is 1. The fourth-order valence-electron chi connectivity index (χ4n) is 3.99. The Bertz CT molecular complexity index is 1370. The number of halogens is 3. The molecule has 0 aliphatic carbocycles. The number of anilines is 1. The zero-order valence-corrected chi connectivity index (χ0v) is 20.6. The van der Waals surface area contributed by atoms with Crippen LogP contribution in [0.25, 0.3) is 5.76 Å². The lowest BCUT2D eigenvalue weighted by molar-refractivity contribution is -0.132. The number of ether oxygens (including phenoxy) is 2. The third-order valence-electron chi connectivity index (χ3n) is 5.56. The smallest absolute Gasteiger partial charge is 0.300 e. The maximum atomic E-state index is 13.3. The van der Waals surface area contributed by atoms with E-state index < -0.39 is 23.5 Å². The summed E-state index contributed by atoms with van der Waals surface area (Å²) in [6.07, 6.45) is 0. The van der Waals surface area contributed by atoms with Crippen molar-refractivity contribution in [2.75, 3.05) is 19.1 Å². The lowest BCUT2D eigenvalue weighted by atomic mass is 9.94. The van der Waals surface area contributed by atoms with Crippen LogP contribution >= 0.6 is 34.8 Å².